The Kier molecular flexibility index (Phi) is 4.90. The maximum absolute atomic E-state index is 9.08. The first-order valence-electron chi connectivity index (χ1n) is 4.46. The molecule has 0 aliphatic carbocycles. The molecular formula is C10H17NO3S. The van der Waals surface area contributed by atoms with Crippen molar-refractivity contribution in [1.29, 1.82) is 0 Å². The molecule has 15 heavy (non-hydrogen) atoms. The van der Waals surface area contributed by atoms with Crippen LogP contribution in [-0.2, 0) is 17.2 Å². The van der Waals surface area contributed by atoms with Gasteiger partial charge in [0, 0.05) is 32.2 Å². The van der Waals surface area contributed by atoms with Crippen molar-refractivity contribution in [2.75, 3.05) is 6.26 Å². The smallest absolute Gasteiger partial charge is 0.178 e. The van der Waals surface area contributed by atoms with E-state index >= 15 is 0 Å². The normalized spacial score (nSPS) is 10.5. The fraction of sp³-hybridized carbons (Fsp3) is 0.500. The molecule has 1 rings (SSSR count). The monoisotopic (exact) mass is 231 g/mol. The van der Waals surface area contributed by atoms with Gasteiger partial charge in [0.1, 0.15) is 7.05 Å². The third-order valence-corrected chi connectivity index (χ3v) is 1.93. The van der Waals surface area contributed by atoms with Gasteiger partial charge in [-0.15, -0.1) is 0 Å². The van der Waals surface area contributed by atoms with Crippen molar-refractivity contribution in [2.45, 2.75) is 20.8 Å². The highest BCUT2D eigenvalue weighted by Gasteiger charge is 2.03. The summed E-state index contributed by atoms with van der Waals surface area (Å²) in [5, 5.41) is 0. The van der Waals surface area contributed by atoms with Crippen LogP contribution in [0.5, 0.6) is 0 Å². The predicted octanol–water partition coefficient (Wildman–Crippen LogP) is 0.598. The summed E-state index contributed by atoms with van der Waals surface area (Å²) in [6.45, 7) is 6.38. The number of hydrogen-bond acceptors (Lipinski definition) is 3. The zero-order valence-corrected chi connectivity index (χ0v) is 10.6. The van der Waals surface area contributed by atoms with E-state index in [9.17, 15) is 0 Å². The fourth-order valence-electron chi connectivity index (χ4n) is 1.17. The van der Waals surface area contributed by atoms with Gasteiger partial charge in [-0.1, -0.05) is 0 Å². The Bertz CT molecular complexity index is 407. The van der Waals surface area contributed by atoms with Crippen LogP contribution in [0.3, 0.4) is 0 Å². The minimum atomic E-state index is -3.92. The maximum atomic E-state index is 9.08. The van der Waals surface area contributed by atoms with Gasteiger partial charge in [-0.25, -0.2) is 13.0 Å². The molecule has 86 valence electrons. The summed E-state index contributed by atoms with van der Waals surface area (Å²) in [6.07, 6.45) is 0.604. The van der Waals surface area contributed by atoms with Crippen molar-refractivity contribution >= 4 is 10.1 Å². The second-order valence-electron chi connectivity index (χ2n) is 3.58. The topological polar surface area (TPSA) is 61.1 Å². The summed E-state index contributed by atoms with van der Waals surface area (Å²) in [5.41, 5.74) is 3.98. The molecule has 0 amide bonds. The van der Waals surface area contributed by atoms with Crippen LogP contribution in [0, 0.1) is 20.8 Å². The molecule has 0 unspecified atom stereocenters. The molecule has 0 saturated carbocycles. The fourth-order valence-corrected chi connectivity index (χ4v) is 1.17. The minimum absolute atomic E-state index is 0.604. The molecule has 0 fully saturated rings. The van der Waals surface area contributed by atoms with Crippen molar-refractivity contribution in [3.63, 3.8) is 0 Å². The molecule has 1 aromatic heterocycles. The van der Waals surface area contributed by atoms with Gasteiger partial charge in [-0.3, -0.25) is 0 Å². The Morgan fingerprint density at radius 3 is 1.67 bits per heavy atom. The largest absolute Gasteiger partial charge is 0.748 e. The zero-order valence-electron chi connectivity index (χ0n) is 9.73. The van der Waals surface area contributed by atoms with Gasteiger partial charge in [0.15, 0.2) is 11.4 Å². The van der Waals surface area contributed by atoms with Crippen molar-refractivity contribution in [1.82, 2.24) is 0 Å². The first-order chi connectivity index (χ1) is 6.61. The SMILES string of the molecule is CS(=O)(=O)[O-].Cc1cc(C)[n+](C)c(C)c1. The molecule has 5 heteroatoms. The summed E-state index contributed by atoms with van der Waals surface area (Å²) in [5.74, 6) is 0. The molecule has 1 aromatic rings. The van der Waals surface area contributed by atoms with Crippen LogP contribution in [0.1, 0.15) is 17.0 Å². The van der Waals surface area contributed by atoms with Crippen molar-refractivity contribution in [2.24, 2.45) is 7.05 Å². The second kappa shape index (κ2) is 5.23. The highest BCUT2D eigenvalue weighted by atomic mass is 32.2. The molecule has 0 saturated heterocycles. The first-order valence-corrected chi connectivity index (χ1v) is 6.27. The number of rotatable bonds is 0. The molecular weight excluding hydrogens is 214 g/mol. The van der Waals surface area contributed by atoms with E-state index in [1.54, 1.807) is 0 Å². The summed E-state index contributed by atoms with van der Waals surface area (Å²) in [7, 11) is -1.83. The van der Waals surface area contributed by atoms with Crippen LogP contribution in [0.15, 0.2) is 12.1 Å². The Morgan fingerprint density at radius 2 is 1.40 bits per heavy atom. The highest BCUT2D eigenvalue weighted by molar-refractivity contribution is 7.84. The van der Waals surface area contributed by atoms with Gasteiger partial charge in [0.05, 0.1) is 10.1 Å². The Morgan fingerprint density at radius 1 is 1.13 bits per heavy atom. The number of nitrogens with zero attached hydrogens (tertiary/aromatic N) is 1. The van der Waals surface area contributed by atoms with E-state index in [1.165, 1.54) is 17.0 Å². The van der Waals surface area contributed by atoms with E-state index in [4.69, 9.17) is 13.0 Å². The molecule has 0 N–H and O–H groups in total. The quantitative estimate of drug-likeness (QED) is 0.485. The third kappa shape index (κ3) is 7.04. The molecule has 4 nitrogen and oxygen atoms in total. The Hall–Kier alpha value is -0.940. The molecule has 0 bridgehead atoms. The van der Waals surface area contributed by atoms with E-state index in [1.807, 2.05) is 0 Å². The van der Waals surface area contributed by atoms with Gasteiger partial charge in [-0.2, -0.15) is 0 Å². The molecule has 0 radical (unpaired) electrons. The number of aryl methyl sites for hydroxylation is 3. The van der Waals surface area contributed by atoms with Crippen molar-refractivity contribution in [3.05, 3.63) is 29.1 Å². The van der Waals surface area contributed by atoms with E-state index in [2.05, 4.69) is 44.5 Å². The van der Waals surface area contributed by atoms with Gasteiger partial charge in [0.25, 0.3) is 0 Å². The van der Waals surface area contributed by atoms with E-state index in [0.717, 1.165) is 0 Å². The first kappa shape index (κ1) is 14.1. The molecule has 0 spiro atoms. The third-order valence-electron chi connectivity index (χ3n) is 1.93. The molecule has 0 aliphatic rings. The van der Waals surface area contributed by atoms with Crippen LogP contribution in [0.25, 0.3) is 0 Å². The zero-order chi connectivity index (χ0) is 12.2. The summed E-state index contributed by atoms with van der Waals surface area (Å²) < 4.78 is 29.4. The lowest BCUT2D eigenvalue weighted by atomic mass is 10.2. The minimum Gasteiger partial charge on any atom is -0.748 e. The molecule has 0 aromatic carbocycles. The Labute approximate surface area is 91.3 Å². The number of pyridine rings is 1. The molecule has 0 atom stereocenters. The van der Waals surface area contributed by atoms with Crippen molar-refractivity contribution < 1.29 is 17.5 Å². The van der Waals surface area contributed by atoms with E-state index < -0.39 is 10.1 Å². The number of aromatic nitrogens is 1. The highest BCUT2D eigenvalue weighted by Crippen LogP contribution is 1.99. The van der Waals surface area contributed by atoms with Crippen LogP contribution in [0.2, 0.25) is 0 Å². The molecule has 0 aliphatic heterocycles. The lowest BCUT2D eigenvalue weighted by Crippen LogP contribution is -2.35. The standard InChI is InChI=1S/C9H14N.CH4O3S/c1-7-5-8(2)10(4)9(3)6-7;1-5(2,3)4/h5-6H,1-4H3;1H3,(H,2,3,4)/q+1;/p-1. The summed E-state index contributed by atoms with van der Waals surface area (Å²) in [4.78, 5) is 0. The number of hydrogen-bond donors (Lipinski definition) is 0. The van der Waals surface area contributed by atoms with Gasteiger partial charge in [-0.05, 0) is 12.5 Å². The lowest BCUT2D eigenvalue weighted by Gasteiger charge is -1.98. The average molecular weight is 231 g/mol. The van der Waals surface area contributed by atoms with E-state index in [-0.39, 0.29) is 0 Å². The average Bonchev–Trinajstić information content (AvgIpc) is 1.96. The van der Waals surface area contributed by atoms with Crippen LogP contribution < -0.4 is 4.57 Å². The summed E-state index contributed by atoms with van der Waals surface area (Å²) >= 11 is 0. The van der Waals surface area contributed by atoms with Crippen LogP contribution in [-0.4, -0.2) is 19.2 Å². The second-order valence-corrected chi connectivity index (χ2v) is 4.99. The maximum Gasteiger partial charge on any atom is 0.178 e. The lowest BCUT2D eigenvalue weighted by molar-refractivity contribution is -0.683. The van der Waals surface area contributed by atoms with Crippen LogP contribution in [0.4, 0.5) is 0 Å². The van der Waals surface area contributed by atoms with Crippen LogP contribution >= 0.6 is 0 Å². The van der Waals surface area contributed by atoms with Gasteiger partial charge >= 0.3 is 0 Å². The van der Waals surface area contributed by atoms with Gasteiger partial charge in [0.2, 0.25) is 0 Å². The van der Waals surface area contributed by atoms with Crippen molar-refractivity contribution in [3.8, 4) is 0 Å². The Balaban J connectivity index is 0.000000336. The summed E-state index contributed by atoms with van der Waals surface area (Å²) in [6, 6.07) is 4.38. The van der Waals surface area contributed by atoms with Gasteiger partial charge < -0.3 is 4.55 Å². The van der Waals surface area contributed by atoms with E-state index in [0.29, 0.717) is 6.26 Å². The molecule has 1 heterocycles. The predicted molar refractivity (Wildman–Crippen MR) is 57.5 cm³/mol.